The number of aliphatic hydroxyl groups excluding tert-OH is 1. The van der Waals surface area contributed by atoms with Crippen LogP contribution < -0.4 is 0 Å². The van der Waals surface area contributed by atoms with Crippen LogP contribution in [0.25, 0.3) is 0 Å². The lowest BCUT2D eigenvalue weighted by atomic mass is 9.48. The predicted octanol–water partition coefficient (Wildman–Crippen LogP) is 5.75. The highest BCUT2D eigenvalue weighted by Gasteiger charge is 2.57. The van der Waals surface area contributed by atoms with Gasteiger partial charge in [-0.05, 0) is 80.6 Å². The van der Waals surface area contributed by atoms with Gasteiger partial charge in [0.25, 0.3) is 0 Å². The van der Waals surface area contributed by atoms with Crippen molar-refractivity contribution in [3.63, 3.8) is 0 Å². The topological polar surface area (TPSA) is 88.1 Å². The van der Waals surface area contributed by atoms with Gasteiger partial charge in [-0.15, -0.1) is 0 Å². The average Bonchev–Trinajstić information content (AvgIpc) is 3.33. The van der Waals surface area contributed by atoms with Gasteiger partial charge in [-0.3, -0.25) is 10.1 Å². The maximum Gasteiger partial charge on any atom is 0.324 e. The first-order valence-electron chi connectivity index (χ1n) is 11.5. The molecule has 0 aromatic carbocycles. The molecule has 0 bridgehead atoms. The van der Waals surface area contributed by atoms with Gasteiger partial charge in [0, 0.05) is 17.2 Å². The molecule has 0 unspecified atom stereocenters. The predicted molar refractivity (Wildman–Crippen MR) is 124 cm³/mol. The van der Waals surface area contributed by atoms with Gasteiger partial charge in [0.1, 0.15) is 0 Å². The van der Waals surface area contributed by atoms with Gasteiger partial charge in [-0.1, -0.05) is 36.8 Å². The van der Waals surface area contributed by atoms with Crippen molar-refractivity contribution in [3.8, 4) is 0 Å². The Morgan fingerprint density at radius 3 is 2.74 bits per heavy atom. The van der Waals surface area contributed by atoms with E-state index in [4.69, 9.17) is 0 Å². The Labute approximate surface area is 187 Å². The molecule has 1 heterocycles. The van der Waals surface area contributed by atoms with E-state index in [1.54, 1.807) is 12.3 Å². The van der Waals surface area contributed by atoms with Gasteiger partial charge in [-0.25, -0.2) is 0 Å². The zero-order valence-electron chi connectivity index (χ0n) is 18.3. The molecule has 1 aromatic heterocycles. The lowest BCUT2D eigenvalue weighted by Gasteiger charge is -2.57. The summed E-state index contributed by atoms with van der Waals surface area (Å²) in [5.74, 6) is 2.05. The summed E-state index contributed by atoms with van der Waals surface area (Å²) < 4.78 is 0. The van der Waals surface area contributed by atoms with Crippen LogP contribution in [0.1, 0.15) is 70.1 Å². The number of rotatable bonds is 3. The molecule has 0 amide bonds. The molecule has 3 saturated carbocycles. The van der Waals surface area contributed by atoms with E-state index in [0.29, 0.717) is 17.8 Å². The maximum atomic E-state index is 10.9. The molecule has 31 heavy (non-hydrogen) atoms. The number of fused-ring (bicyclic) bond motifs is 5. The molecule has 0 radical (unpaired) electrons. The molecule has 4 aliphatic rings. The van der Waals surface area contributed by atoms with Crippen LogP contribution in [-0.2, 0) is 0 Å². The summed E-state index contributed by atoms with van der Waals surface area (Å²) in [4.78, 5) is 11.3. The van der Waals surface area contributed by atoms with E-state index in [2.05, 4.69) is 30.1 Å². The highest BCUT2D eigenvalue weighted by molar-refractivity contribution is 7.16. The van der Waals surface area contributed by atoms with Gasteiger partial charge in [0.05, 0.1) is 22.1 Å². The van der Waals surface area contributed by atoms with Crippen molar-refractivity contribution in [1.29, 1.82) is 0 Å². The summed E-state index contributed by atoms with van der Waals surface area (Å²) in [7, 11) is 0. The van der Waals surface area contributed by atoms with E-state index in [1.807, 2.05) is 0 Å². The van der Waals surface area contributed by atoms with Crippen molar-refractivity contribution < 1.29 is 10.0 Å². The molecular formula is C24H31N3O3S. The van der Waals surface area contributed by atoms with E-state index < -0.39 is 0 Å². The third-order valence-electron chi connectivity index (χ3n) is 8.97. The molecule has 166 valence electrons. The zero-order valence-corrected chi connectivity index (χ0v) is 19.1. The summed E-state index contributed by atoms with van der Waals surface area (Å²) in [5, 5.41) is 30.2. The van der Waals surface area contributed by atoms with Crippen LogP contribution >= 0.6 is 11.3 Å². The van der Waals surface area contributed by atoms with Crippen LogP contribution in [0, 0.1) is 38.7 Å². The number of hydrogen-bond acceptors (Lipinski definition) is 6. The minimum absolute atomic E-state index is 0.107. The zero-order chi connectivity index (χ0) is 21.8. The molecule has 7 heteroatoms. The van der Waals surface area contributed by atoms with Crippen molar-refractivity contribution in [2.45, 2.75) is 71.3 Å². The van der Waals surface area contributed by atoms with Crippen molar-refractivity contribution >= 4 is 28.3 Å². The average molecular weight is 442 g/mol. The van der Waals surface area contributed by atoms with Gasteiger partial charge >= 0.3 is 5.00 Å². The van der Waals surface area contributed by atoms with E-state index >= 15 is 0 Å². The maximum absolute atomic E-state index is 10.9. The first-order valence-corrected chi connectivity index (χ1v) is 12.3. The van der Waals surface area contributed by atoms with Crippen LogP contribution in [-0.4, -0.2) is 28.1 Å². The fourth-order valence-electron chi connectivity index (χ4n) is 7.26. The summed E-state index contributed by atoms with van der Waals surface area (Å²) in [6.45, 7) is 4.84. The second kappa shape index (κ2) is 7.62. The van der Waals surface area contributed by atoms with E-state index in [1.165, 1.54) is 30.2 Å². The number of thiophene rings is 1. The van der Waals surface area contributed by atoms with E-state index in [-0.39, 0.29) is 26.9 Å². The Bertz CT molecular complexity index is 982. The summed E-state index contributed by atoms with van der Waals surface area (Å²) in [5.41, 5.74) is 3.08. The molecular weight excluding hydrogens is 410 g/mol. The molecule has 0 saturated heterocycles. The normalized spacial score (nSPS) is 41.0. The Morgan fingerprint density at radius 2 is 1.97 bits per heavy atom. The largest absolute Gasteiger partial charge is 0.393 e. The third kappa shape index (κ3) is 3.41. The molecule has 1 aromatic rings. The van der Waals surface area contributed by atoms with Gasteiger partial charge < -0.3 is 5.11 Å². The number of allylic oxidation sites excluding steroid dienone is 1. The minimum atomic E-state index is -0.369. The smallest absolute Gasteiger partial charge is 0.324 e. The standard InChI is InChI=1S/C24H31N3O3S/c1-23-11-9-16(28)13-15(23)3-5-18-19-6-7-21(24(19,2)12-10-20(18)23)26-25-14-17-4-8-22(31-17)27(29)30/h3-4,8,14,16,18-20,28H,5-7,9-13H2,1-2H3/b25-14-,26-21-/t16-,18-,19-,20-,23-,24-/m0/s1. The van der Waals surface area contributed by atoms with Crippen LogP contribution in [0.5, 0.6) is 0 Å². The molecule has 6 nitrogen and oxygen atoms in total. The summed E-state index contributed by atoms with van der Waals surface area (Å²) >= 11 is 1.13. The highest BCUT2D eigenvalue weighted by Crippen LogP contribution is 2.64. The number of aliphatic hydroxyl groups is 1. The Kier molecular flexibility index (Phi) is 5.17. The lowest BCUT2D eigenvalue weighted by Crippen LogP contribution is -2.50. The first kappa shape index (κ1) is 21.0. The first-order chi connectivity index (χ1) is 14.8. The van der Waals surface area contributed by atoms with Crippen molar-refractivity contribution in [2.75, 3.05) is 0 Å². The SMILES string of the molecule is C[C@]12CC[C@H](O)CC1=CC[C@@H]1[C@@H]2CC[C@]2(C)/C(=N\N=C/c3ccc([N+](=O)[O-])s3)CC[C@@H]12. The third-order valence-corrected chi connectivity index (χ3v) is 9.95. The minimum Gasteiger partial charge on any atom is -0.393 e. The number of nitrogens with zero attached hydrogens (tertiary/aromatic N) is 3. The molecule has 4 aliphatic carbocycles. The van der Waals surface area contributed by atoms with Gasteiger partial charge in [-0.2, -0.15) is 10.2 Å². The van der Waals surface area contributed by atoms with Crippen LogP contribution in [0.15, 0.2) is 34.0 Å². The lowest BCUT2D eigenvalue weighted by molar-refractivity contribution is -0.380. The monoisotopic (exact) mass is 441 g/mol. The highest BCUT2D eigenvalue weighted by atomic mass is 32.1. The Hall–Kier alpha value is -1.86. The Balaban J connectivity index is 1.35. The van der Waals surface area contributed by atoms with Crippen molar-refractivity contribution in [3.05, 3.63) is 38.8 Å². The molecule has 3 fully saturated rings. The van der Waals surface area contributed by atoms with E-state index in [9.17, 15) is 15.2 Å². The molecule has 5 rings (SSSR count). The van der Waals surface area contributed by atoms with Crippen LogP contribution in [0.3, 0.4) is 0 Å². The second-order valence-corrected chi connectivity index (χ2v) is 11.5. The quantitative estimate of drug-likeness (QED) is 0.280. The van der Waals surface area contributed by atoms with E-state index in [0.717, 1.165) is 54.7 Å². The summed E-state index contributed by atoms with van der Waals surface area (Å²) in [6, 6.07) is 3.24. The Morgan fingerprint density at radius 1 is 1.19 bits per heavy atom. The fraction of sp³-hybridized carbons (Fsp3) is 0.667. The van der Waals surface area contributed by atoms with Crippen molar-refractivity contribution in [2.24, 2.45) is 38.8 Å². The van der Waals surface area contributed by atoms with Gasteiger partial charge in [0.15, 0.2) is 0 Å². The number of nitro groups is 1. The number of hydrogen-bond donors (Lipinski definition) is 1. The molecule has 1 N–H and O–H groups in total. The van der Waals surface area contributed by atoms with Crippen molar-refractivity contribution in [1.82, 2.24) is 0 Å². The molecule has 6 atom stereocenters. The second-order valence-electron chi connectivity index (χ2n) is 10.4. The summed E-state index contributed by atoms with van der Waals surface area (Å²) in [6.07, 6.45) is 12.6. The van der Waals surface area contributed by atoms with Crippen LogP contribution in [0.2, 0.25) is 0 Å². The van der Waals surface area contributed by atoms with Crippen LogP contribution in [0.4, 0.5) is 5.00 Å². The molecule has 0 spiro atoms. The molecule has 0 aliphatic heterocycles. The van der Waals surface area contributed by atoms with Gasteiger partial charge in [0.2, 0.25) is 0 Å². The fourth-order valence-corrected chi connectivity index (χ4v) is 7.95.